The third-order valence-electron chi connectivity index (χ3n) is 4.36. The molecule has 104 valence electrons. The summed E-state index contributed by atoms with van der Waals surface area (Å²) in [6.07, 6.45) is 2.37. The van der Waals surface area contributed by atoms with Crippen molar-refractivity contribution in [2.45, 2.75) is 39.3 Å². The lowest BCUT2D eigenvalue weighted by Crippen LogP contribution is -2.32. The van der Waals surface area contributed by atoms with Crippen molar-refractivity contribution in [3.63, 3.8) is 0 Å². The van der Waals surface area contributed by atoms with Gasteiger partial charge in [0, 0.05) is 23.7 Å². The average Bonchev–Trinajstić information content (AvgIpc) is 2.68. The Bertz CT molecular complexity index is 475. The molecule has 1 aromatic carbocycles. The molecule has 4 heteroatoms. The number of nitrogens with two attached hydrogens (primary N) is 1. The number of benzene rings is 1. The molecule has 3 atom stereocenters. The molecule has 0 aliphatic heterocycles. The molecule has 3 unspecified atom stereocenters. The molecule has 19 heavy (non-hydrogen) atoms. The first-order chi connectivity index (χ1) is 8.99. The SMILES string of the molecule is CC1CCC(NCc2ccc(C(N)=O)cc2F)C1C. The van der Waals surface area contributed by atoms with Crippen LogP contribution in [0.15, 0.2) is 18.2 Å². The minimum Gasteiger partial charge on any atom is -0.366 e. The molecule has 0 saturated heterocycles. The Kier molecular flexibility index (Phi) is 4.20. The van der Waals surface area contributed by atoms with Crippen LogP contribution in [0, 0.1) is 17.7 Å². The van der Waals surface area contributed by atoms with E-state index in [1.165, 1.54) is 12.5 Å². The van der Waals surface area contributed by atoms with Crippen LogP contribution in [0.25, 0.3) is 0 Å². The van der Waals surface area contributed by atoms with Gasteiger partial charge in [-0.15, -0.1) is 0 Å². The predicted octanol–water partition coefficient (Wildman–Crippen LogP) is 2.45. The highest BCUT2D eigenvalue weighted by Crippen LogP contribution is 2.31. The highest BCUT2D eigenvalue weighted by atomic mass is 19.1. The zero-order chi connectivity index (χ0) is 14.0. The molecule has 1 aliphatic rings. The van der Waals surface area contributed by atoms with Crippen LogP contribution in [0.4, 0.5) is 4.39 Å². The maximum absolute atomic E-state index is 13.8. The maximum atomic E-state index is 13.8. The summed E-state index contributed by atoms with van der Waals surface area (Å²) in [5, 5.41) is 3.41. The van der Waals surface area contributed by atoms with E-state index in [1.807, 2.05) is 0 Å². The van der Waals surface area contributed by atoms with Gasteiger partial charge in [0.15, 0.2) is 0 Å². The molecule has 1 saturated carbocycles. The first kappa shape index (κ1) is 14.0. The molecule has 0 spiro atoms. The van der Waals surface area contributed by atoms with Gasteiger partial charge in [0.2, 0.25) is 5.91 Å². The molecular weight excluding hydrogens is 243 g/mol. The van der Waals surface area contributed by atoms with Gasteiger partial charge in [-0.25, -0.2) is 4.39 Å². The molecule has 2 rings (SSSR count). The van der Waals surface area contributed by atoms with Crippen LogP contribution in [0.2, 0.25) is 0 Å². The fourth-order valence-electron chi connectivity index (χ4n) is 2.74. The van der Waals surface area contributed by atoms with E-state index in [0.717, 1.165) is 12.3 Å². The first-order valence-electron chi connectivity index (χ1n) is 6.80. The lowest BCUT2D eigenvalue weighted by Gasteiger charge is -2.20. The minimum atomic E-state index is -0.600. The number of hydrogen-bond donors (Lipinski definition) is 2. The summed E-state index contributed by atoms with van der Waals surface area (Å²) < 4.78 is 13.8. The van der Waals surface area contributed by atoms with Gasteiger partial charge in [0.1, 0.15) is 5.82 Å². The molecular formula is C15H21FN2O. The number of halogens is 1. The highest BCUT2D eigenvalue weighted by Gasteiger charge is 2.29. The van der Waals surface area contributed by atoms with Crippen molar-refractivity contribution >= 4 is 5.91 Å². The van der Waals surface area contributed by atoms with Crippen molar-refractivity contribution in [2.24, 2.45) is 17.6 Å². The molecule has 1 fully saturated rings. The smallest absolute Gasteiger partial charge is 0.248 e. The Morgan fingerprint density at radius 2 is 2.16 bits per heavy atom. The van der Waals surface area contributed by atoms with Crippen molar-refractivity contribution in [1.29, 1.82) is 0 Å². The van der Waals surface area contributed by atoms with Gasteiger partial charge in [-0.1, -0.05) is 19.9 Å². The van der Waals surface area contributed by atoms with Gasteiger partial charge in [-0.3, -0.25) is 4.79 Å². The normalized spacial score (nSPS) is 26.6. The van der Waals surface area contributed by atoms with Crippen LogP contribution in [0.5, 0.6) is 0 Å². The second-order valence-electron chi connectivity index (χ2n) is 5.57. The lowest BCUT2D eigenvalue weighted by molar-refractivity contribution is 0.1000. The van der Waals surface area contributed by atoms with E-state index in [-0.39, 0.29) is 11.4 Å². The number of carbonyl (C=O) groups is 1. The van der Waals surface area contributed by atoms with E-state index in [0.29, 0.717) is 24.1 Å². The number of carbonyl (C=O) groups excluding carboxylic acids is 1. The Balaban J connectivity index is 1.98. The number of rotatable bonds is 4. The number of hydrogen-bond acceptors (Lipinski definition) is 2. The van der Waals surface area contributed by atoms with E-state index in [2.05, 4.69) is 19.2 Å². The van der Waals surface area contributed by atoms with Crippen LogP contribution in [-0.2, 0) is 6.54 Å². The van der Waals surface area contributed by atoms with Gasteiger partial charge in [-0.2, -0.15) is 0 Å². The molecule has 1 aliphatic carbocycles. The van der Waals surface area contributed by atoms with Crippen LogP contribution in [-0.4, -0.2) is 11.9 Å². The molecule has 0 heterocycles. The third-order valence-corrected chi connectivity index (χ3v) is 4.36. The zero-order valence-corrected chi connectivity index (χ0v) is 11.4. The maximum Gasteiger partial charge on any atom is 0.248 e. The van der Waals surface area contributed by atoms with Crippen LogP contribution >= 0.6 is 0 Å². The number of primary amides is 1. The summed E-state index contributed by atoms with van der Waals surface area (Å²) in [5.74, 6) is 0.367. The fourth-order valence-corrected chi connectivity index (χ4v) is 2.74. The van der Waals surface area contributed by atoms with Gasteiger partial charge in [-0.05, 0) is 36.8 Å². The van der Waals surface area contributed by atoms with Crippen molar-refractivity contribution < 1.29 is 9.18 Å². The Morgan fingerprint density at radius 3 is 2.68 bits per heavy atom. The standard InChI is InChI=1S/C15H21FN2O/c1-9-3-6-14(10(9)2)18-8-12-5-4-11(15(17)19)7-13(12)16/h4-5,7,9-10,14,18H,3,6,8H2,1-2H3,(H2,17,19). The highest BCUT2D eigenvalue weighted by molar-refractivity contribution is 5.92. The first-order valence-corrected chi connectivity index (χ1v) is 6.80. The van der Waals surface area contributed by atoms with Gasteiger partial charge in [0.05, 0.1) is 0 Å². The number of nitrogens with one attached hydrogen (secondary N) is 1. The quantitative estimate of drug-likeness (QED) is 0.877. The average molecular weight is 264 g/mol. The lowest BCUT2D eigenvalue weighted by atomic mass is 9.97. The Labute approximate surface area is 113 Å². The Hall–Kier alpha value is -1.42. The third kappa shape index (κ3) is 3.13. The van der Waals surface area contributed by atoms with Gasteiger partial charge < -0.3 is 11.1 Å². The van der Waals surface area contributed by atoms with Crippen molar-refractivity contribution in [3.8, 4) is 0 Å². The fraction of sp³-hybridized carbons (Fsp3) is 0.533. The molecule has 1 amide bonds. The second-order valence-corrected chi connectivity index (χ2v) is 5.57. The molecule has 3 nitrogen and oxygen atoms in total. The van der Waals surface area contributed by atoms with Crippen LogP contribution in [0.1, 0.15) is 42.6 Å². The molecule has 0 bridgehead atoms. The van der Waals surface area contributed by atoms with Crippen molar-refractivity contribution in [2.75, 3.05) is 0 Å². The minimum absolute atomic E-state index is 0.212. The van der Waals surface area contributed by atoms with Crippen LogP contribution in [0.3, 0.4) is 0 Å². The Morgan fingerprint density at radius 1 is 1.42 bits per heavy atom. The zero-order valence-electron chi connectivity index (χ0n) is 11.4. The topological polar surface area (TPSA) is 55.1 Å². The molecule has 1 aromatic rings. The van der Waals surface area contributed by atoms with E-state index in [9.17, 15) is 9.18 Å². The van der Waals surface area contributed by atoms with Crippen LogP contribution < -0.4 is 11.1 Å². The summed E-state index contributed by atoms with van der Waals surface area (Å²) in [7, 11) is 0. The van der Waals surface area contributed by atoms with E-state index in [1.54, 1.807) is 12.1 Å². The molecule has 3 N–H and O–H groups in total. The predicted molar refractivity (Wildman–Crippen MR) is 73.1 cm³/mol. The summed E-state index contributed by atoms with van der Waals surface area (Å²) in [6, 6.07) is 4.86. The van der Waals surface area contributed by atoms with E-state index in [4.69, 9.17) is 5.73 Å². The monoisotopic (exact) mass is 264 g/mol. The number of amides is 1. The van der Waals surface area contributed by atoms with Crippen molar-refractivity contribution in [3.05, 3.63) is 35.1 Å². The van der Waals surface area contributed by atoms with E-state index < -0.39 is 5.91 Å². The summed E-state index contributed by atoms with van der Waals surface area (Å²) >= 11 is 0. The molecule has 0 radical (unpaired) electrons. The largest absolute Gasteiger partial charge is 0.366 e. The van der Waals surface area contributed by atoms with Gasteiger partial charge in [0.25, 0.3) is 0 Å². The van der Waals surface area contributed by atoms with Gasteiger partial charge >= 0.3 is 0 Å². The summed E-state index contributed by atoms with van der Waals surface area (Å²) in [6.45, 7) is 4.99. The van der Waals surface area contributed by atoms with E-state index >= 15 is 0 Å². The molecule has 0 aromatic heterocycles. The van der Waals surface area contributed by atoms with Crippen molar-refractivity contribution in [1.82, 2.24) is 5.32 Å². The summed E-state index contributed by atoms with van der Waals surface area (Å²) in [5.41, 5.74) is 5.91. The summed E-state index contributed by atoms with van der Waals surface area (Å²) in [4.78, 5) is 11.0. The second kappa shape index (κ2) is 5.70.